The third-order valence-electron chi connectivity index (χ3n) is 4.58. The summed E-state index contributed by atoms with van der Waals surface area (Å²) >= 11 is 0. The maximum absolute atomic E-state index is 12.0. The summed E-state index contributed by atoms with van der Waals surface area (Å²) in [5.41, 5.74) is -0.398. The molecule has 1 fully saturated rings. The number of amides is 1. The molecule has 0 saturated carbocycles. The number of piperidine rings is 1. The third-order valence-corrected chi connectivity index (χ3v) is 4.58. The Kier molecular flexibility index (Phi) is 9.72. The zero-order valence-electron chi connectivity index (χ0n) is 16.7. The van der Waals surface area contributed by atoms with E-state index in [1.165, 1.54) is 32.1 Å². The van der Waals surface area contributed by atoms with Gasteiger partial charge in [0, 0.05) is 13.1 Å². The first-order chi connectivity index (χ1) is 11.3. The number of likely N-dealkylation sites (tertiary alicyclic amines) is 1. The molecule has 0 spiro atoms. The molecule has 0 aromatic heterocycles. The Hall–Kier alpha value is -0.770. The standard InChI is InChI=1S/C20H40N2O2/c1-17(2)10-8-6-7-9-13-21-16-18-11-14-22(15-12-18)19(23)24-20(3,4)5/h17-18,21H,6-16H2,1-5H3. The summed E-state index contributed by atoms with van der Waals surface area (Å²) < 4.78 is 5.44. The van der Waals surface area contributed by atoms with Crippen molar-refractivity contribution in [1.82, 2.24) is 10.2 Å². The van der Waals surface area contributed by atoms with Gasteiger partial charge in [0.2, 0.25) is 0 Å². The van der Waals surface area contributed by atoms with Gasteiger partial charge in [-0.05, 0) is 65.0 Å². The summed E-state index contributed by atoms with van der Waals surface area (Å²) in [6.45, 7) is 14.2. The van der Waals surface area contributed by atoms with Crippen LogP contribution in [-0.4, -0.2) is 42.8 Å². The molecule has 0 aliphatic carbocycles. The Morgan fingerprint density at radius 3 is 2.33 bits per heavy atom. The fourth-order valence-electron chi connectivity index (χ4n) is 3.11. The van der Waals surface area contributed by atoms with Gasteiger partial charge in [0.15, 0.2) is 0 Å². The van der Waals surface area contributed by atoms with Crippen molar-refractivity contribution in [2.24, 2.45) is 11.8 Å². The molecular weight excluding hydrogens is 300 g/mol. The highest BCUT2D eigenvalue weighted by Crippen LogP contribution is 2.19. The molecule has 4 heteroatoms. The van der Waals surface area contributed by atoms with Crippen LogP contribution in [0.1, 0.15) is 79.6 Å². The number of carbonyl (C=O) groups excluding carboxylic acids is 1. The molecule has 0 bridgehead atoms. The van der Waals surface area contributed by atoms with Gasteiger partial charge < -0.3 is 15.0 Å². The molecule has 4 nitrogen and oxygen atoms in total. The Labute approximate surface area is 149 Å². The molecule has 0 aromatic carbocycles. The van der Waals surface area contributed by atoms with E-state index in [1.54, 1.807) is 0 Å². The molecule has 142 valence electrons. The Bertz CT molecular complexity index is 342. The van der Waals surface area contributed by atoms with E-state index in [9.17, 15) is 4.79 Å². The van der Waals surface area contributed by atoms with Crippen molar-refractivity contribution in [1.29, 1.82) is 0 Å². The molecule has 1 aliphatic rings. The normalized spacial score (nSPS) is 16.7. The number of rotatable bonds is 9. The highest BCUT2D eigenvalue weighted by atomic mass is 16.6. The number of nitrogens with one attached hydrogen (secondary N) is 1. The molecule has 1 heterocycles. The fourth-order valence-corrected chi connectivity index (χ4v) is 3.11. The van der Waals surface area contributed by atoms with Crippen LogP contribution in [-0.2, 0) is 4.74 Å². The lowest BCUT2D eigenvalue weighted by molar-refractivity contribution is 0.0184. The molecule has 0 atom stereocenters. The summed E-state index contributed by atoms with van der Waals surface area (Å²) in [6.07, 6.45) is 8.75. The minimum absolute atomic E-state index is 0.157. The lowest BCUT2D eigenvalue weighted by atomic mass is 9.97. The van der Waals surface area contributed by atoms with Crippen LogP contribution in [0.15, 0.2) is 0 Å². The van der Waals surface area contributed by atoms with Crippen LogP contribution in [0.4, 0.5) is 4.79 Å². The molecule has 1 rings (SSSR count). The molecule has 1 aliphatic heterocycles. The first-order valence-corrected chi connectivity index (χ1v) is 9.96. The molecule has 1 saturated heterocycles. The smallest absolute Gasteiger partial charge is 0.410 e. The summed E-state index contributed by atoms with van der Waals surface area (Å²) in [5.74, 6) is 1.54. The summed E-state index contributed by atoms with van der Waals surface area (Å²) in [7, 11) is 0. The Morgan fingerprint density at radius 1 is 1.12 bits per heavy atom. The molecule has 0 unspecified atom stereocenters. The fraction of sp³-hybridized carbons (Fsp3) is 0.950. The topological polar surface area (TPSA) is 41.6 Å². The van der Waals surface area contributed by atoms with E-state index in [4.69, 9.17) is 4.74 Å². The second kappa shape index (κ2) is 11.0. The maximum atomic E-state index is 12.0. The quantitative estimate of drug-likeness (QED) is 0.611. The van der Waals surface area contributed by atoms with Gasteiger partial charge >= 0.3 is 6.09 Å². The van der Waals surface area contributed by atoms with Gasteiger partial charge in [-0.1, -0.05) is 39.5 Å². The van der Waals surface area contributed by atoms with Crippen molar-refractivity contribution in [3.63, 3.8) is 0 Å². The summed E-state index contributed by atoms with van der Waals surface area (Å²) in [4.78, 5) is 13.9. The number of hydrogen-bond donors (Lipinski definition) is 1. The van der Waals surface area contributed by atoms with E-state index in [-0.39, 0.29) is 6.09 Å². The van der Waals surface area contributed by atoms with Crippen LogP contribution in [0.3, 0.4) is 0 Å². The second-order valence-electron chi connectivity index (χ2n) is 8.71. The number of unbranched alkanes of at least 4 members (excludes halogenated alkanes) is 3. The van der Waals surface area contributed by atoms with E-state index >= 15 is 0 Å². The monoisotopic (exact) mass is 340 g/mol. The zero-order valence-corrected chi connectivity index (χ0v) is 16.7. The number of carbonyl (C=O) groups is 1. The van der Waals surface area contributed by atoms with Crippen molar-refractivity contribution < 1.29 is 9.53 Å². The largest absolute Gasteiger partial charge is 0.444 e. The first kappa shape index (κ1) is 21.3. The van der Waals surface area contributed by atoms with Gasteiger partial charge in [-0.2, -0.15) is 0 Å². The average molecular weight is 341 g/mol. The van der Waals surface area contributed by atoms with E-state index < -0.39 is 5.60 Å². The Balaban J connectivity index is 2.01. The van der Waals surface area contributed by atoms with Gasteiger partial charge in [-0.15, -0.1) is 0 Å². The minimum Gasteiger partial charge on any atom is -0.444 e. The highest BCUT2D eigenvalue weighted by Gasteiger charge is 2.26. The molecule has 0 aromatic rings. The van der Waals surface area contributed by atoms with Crippen molar-refractivity contribution in [2.75, 3.05) is 26.2 Å². The first-order valence-electron chi connectivity index (χ1n) is 9.96. The van der Waals surface area contributed by atoms with E-state index in [1.807, 2.05) is 25.7 Å². The lowest BCUT2D eigenvalue weighted by Gasteiger charge is -2.33. The van der Waals surface area contributed by atoms with E-state index in [2.05, 4.69) is 19.2 Å². The molecule has 1 amide bonds. The molecule has 24 heavy (non-hydrogen) atoms. The van der Waals surface area contributed by atoms with Gasteiger partial charge in [0.1, 0.15) is 5.60 Å². The van der Waals surface area contributed by atoms with Crippen molar-refractivity contribution in [3.05, 3.63) is 0 Å². The van der Waals surface area contributed by atoms with E-state index in [0.717, 1.165) is 44.9 Å². The van der Waals surface area contributed by atoms with Crippen molar-refractivity contribution >= 4 is 6.09 Å². The summed E-state index contributed by atoms with van der Waals surface area (Å²) in [5, 5.41) is 3.60. The van der Waals surface area contributed by atoms with Crippen LogP contribution < -0.4 is 5.32 Å². The molecular formula is C20H40N2O2. The van der Waals surface area contributed by atoms with Crippen molar-refractivity contribution in [3.8, 4) is 0 Å². The number of hydrogen-bond acceptors (Lipinski definition) is 3. The second-order valence-corrected chi connectivity index (χ2v) is 8.71. The van der Waals surface area contributed by atoms with Crippen LogP contribution >= 0.6 is 0 Å². The number of nitrogens with zero attached hydrogens (tertiary/aromatic N) is 1. The predicted octanol–water partition coefficient (Wildman–Crippen LogP) is 4.83. The number of ether oxygens (including phenoxy) is 1. The predicted molar refractivity (Wildman–Crippen MR) is 101 cm³/mol. The van der Waals surface area contributed by atoms with Crippen LogP contribution in [0.5, 0.6) is 0 Å². The maximum Gasteiger partial charge on any atom is 0.410 e. The minimum atomic E-state index is -0.398. The van der Waals surface area contributed by atoms with Crippen LogP contribution in [0, 0.1) is 11.8 Å². The summed E-state index contributed by atoms with van der Waals surface area (Å²) in [6, 6.07) is 0. The molecule has 0 radical (unpaired) electrons. The van der Waals surface area contributed by atoms with Gasteiger partial charge in [0.25, 0.3) is 0 Å². The van der Waals surface area contributed by atoms with Crippen LogP contribution in [0.25, 0.3) is 0 Å². The van der Waals surface area contributed by atoms with Gasteiger partial charge in [-0.3, -0.25) is 0 Å². The highest BCUT2D eigenvalue weighted by molar-refractivity contribution is 5.68. The SMILES string of the molecule is CC(C)CCCCCCNCC1CCN(C(=O)OC(C)(C)C)CC1. The lowest BCUT2D eigenvalue weighted by Crippen LogP contribution is -2.43. The van der Waals surface area contributed by atoms with Crippen molar-refractivity contribution in [2.45, 2.75) is 85.2 Å². The molecule has 1 N–H and O–H groups in total. The zero-order chi connectivity index (χ0) is 18.0. The Morgan fingerprint density at radius 2 is 1.75 bits per heavy atom. The average Bonchev–Trinajstić information content (AvgIpc) is 2.48. The third kappa shape index (κ3) is 10.2. The van der Waals surface area contributed by atoms with E-state index in [0.29, 0.717) is 5.92 Å². The van der Waals surface area contributed by atoms with Crippen LogP contribution in [0.2, 0.25) is 0 Å². The van der Waals surface area contributed by atoms with Gasteiger partial charge in [0.05, 0.1) is 0 Å². The van der Waals surface area contributed by atoms with Gasteiger partial charge in [-0.25, -0.2) is 4.79 Å².